The summed E-state index contributed by atoms with van der Waals surface area (Å²) in [5, 5.41) is 0. The molecule has 0 rings (SSSR count). The van der Waals surface area contributed by atoms with Gasteiger partial charge in [0.05, 0.1) is 0 Å². The van der Waals surface area contributed by atoms with Crippen LogP contribution < -0.4 is 5.73 Å². The molecule has 0 bridgehead atoms. The minimum absolute atomic E-state index is 0.0984. The Hall–Kier alpha value is 0.0569. The van der Waals surface area contributed by atoms with Crippen molar-refractivity contribution >= 4 is 8.80 Å². The summed E-state index contributed by atoms with van der Waals surface area (Å²) in [7, 11) is -2.50. The van der Waals surface area contributed by atoms with Gasteiger partial charge in [-0.1, -0.05) is 6.92 Å². The van der Waals surface area contributed by atoms with Gasteiger partial charge in [0.25, 0.3) is 0 Å². The first-order valence-electron chi connectivity index (χ1n) is 5.81. The largest absolute Gasteiger partial charge is 0.502 e. The monoisotopic (exact) mass is 235 g/mol. The predicted molar refractivity (Wildman–Crippen MR) is 63.7 cm³/mol. The highest BCUT2D eigenvalue weighted by Crippen LogP contribution is 2.18. The molecule has 0 aromatic rings. The maximum Gasteiger partial charge on any atom is 0.502 e. The normalized spacial score (nSPS) is 14.2. The molecule has 0 heterocycles. The van der Waals surface area contributed by atoms with Crippen LogP contribution >= 0.6 is 0 Å². The van der Waals surface area contributed by atoms with Crippen molar-refractivity contribution in [1.29, 1.82) is 0 Å². The van der Waals surface area contributed by atoms with Gasteiger partial charge in [-0.05, 0) is 27.2 Å². The van der Waals surface area contributed by atoms with E-state index in [4.69, 9.17) is 19.0 Å². The van der Waals surface area contributed by atoms with Crippen LogP contribution in [0.3, 0.4) is 0 Å². The number of rotatable bonds is 9. The standard InChI is InChI=1S/C10H25NO3Si/c1-5-10(11)9-15(12-6-2,13-7-3)14-8-4/h10H,5-9,11H2,1-4H3. The van der Waals surface area contributed by atoms with Gasteiger partial charge in [-0.15, -0.1) is 0 Å². The first-order chi connectivity index (χ1) is 7.14. The lowest BCUT2D eigenvalue weighted by Crippen LogP contribution is -2.49. The van der Waals surface area contributed by atoms with E-state index in [2.05, 4.69) is 6.92 Å². The molecule has 0 aromatic carbocycles. The highest BCUT2D eigenvalue weighted by Gasteiger charge is 2.41. The molecular weight excluding hydrogens is 210 g/mol. The SMILES string of the molecule is CCO[Si](CC(N)CC)(OCC)OCC. The number of hydrogen-bond acceptors (Lipinski definition) is 4. The first-order valence-corrected chi connectivity index (χ1v) is 7.74. The lowest BCUT2D eigenvalue weighted by Gasteiger charge is -2.30. The fraction of sp³-hybridized carbons (Fsp3) is 1.00. The average Bonchev–Trinajstić information content (AvgIpc) is 2.18. The van der Waals surface area contributed by atoms with Gasteiger partial charge >= 0.3 is 8.80 Å². The van der Waals surface area contributed by atoms with Crippen molar-refractivity contribution < 1.29 is 13.3 Å². The fourth-order valence-electron chi connectivity index (χ4n) is 1.43. The zero-order valence-electron chi connectivity index (χ0n) is 10.4. The van der Waals surface area contributed by atoms with E-state index in [1.54, 1.807) is 0 Å². The Morgan fingerprint density at radius 2 is 1.33 bits per heavy atom. The molecule has 0 radical (unpaired) electrons. The zero-order valence-corrected chi connectivity index (χ0v) is 11.4. The molecule has 0 saturated carbocycles. The van der Waals surface area contributed by atoms with E-state index in [1.807, 2.05) is 20.8 Å². The second kappa shape index (κ2) is 8.24. The van der Waals surface area contributed by atoms with Crippen LogP contribution in [-0.4, -0.2) is 34.7 Å². The van der Waals surface area contributed by atoms with E-state index in [-0.39, 0.29) is 6.04 Å². The van der Waals surface area contributed by atoms with E-state index in [9.17, 15) is 0 Å². The molecule has 0 aliphatic heterocycles. The summed E-state index contributed by atoms with van der Waals surface area (Å²) in [6.45, 7) is 9.77. The van der Waals surface area contributed by atoms with Crippen molar-refractivity contribution in [3.8, 4) is 0 Å². The quantitative estimate of drug-likeness (QED) is 0.619. The van der Waals surface area contributed by atoms with Crippen molar-refractivity contribution in [2.75, 3.05) is 19.8 Å². The van der Waals surface area contributed by atoms with Gasteiger partial charge in [-0.2, -0.15) is 0 Å². The molecule has 0 aliphatic carbocycles. The highest BCUT2D eigenvalue weighted by molar-refractivity contribution is 6.60. The summed E-state index contributed by atoms with van der Waals surface area (Å²) >= 11 is 0. The maximum atomic E-state index is 5.94. The summed E-state index contributed by atoms with van der Waals surface area (Å²) in [6.07, 6.45) is 0.919. The van der Waals surface area contributed by atoms with E-state index in [1.165, 1.54) is 0 Å². The Kier molecular flexibility index (Phi) is 8.27. The Balaban J connectivity index is 4.44. The van der Waals surface area contributed by atoms with Gasteiger partial charge in [0.15, 0.2) is 0 Å². The molecule has 0 spiro atoms. The van der Waals surface area contributed by atoms with Gasteiger partial charge in [-0.25, -0.2) is 0 Å². The van der Waals surface area contributed by atoms with E-state index in [0.29, 0.717) is 25.9 Å². The topological polar surface area (TPSA) is 53.7 Å². The molecule has 15 heavy (non-hydrogen) atoms. The Morgan fingerprint density at radius 1 is 0.933 bits per heavy atom. The molecule has 0 fully saturated rings. The van der Waals surface area contributed by atoms with Crippen molar-refractivity contribution in [1.82, 2.24) is 0 Å². The van der Waals surface area contributed by atoms with Crippen LogP contribution in [0.5, 0.6) is 0 Å². The van der Waals surface area contributed by atoms with Crippen LogP contribution in [0.15, 0.2) is 0 Å². The minimum Gasteiger partial charge on any atom is -0.374 e. The summed E-state index contributed by atoms with van der Waals surface area (Å²) < 4.78 is 17.1. The lowest BCUT2D eigenvalue weighted by atomic mass is 10.3. The average molecular weight is 235 g/mol. The summed E-state index contributed by atoms with van der Waals surface area (Å²) in [5.41, 5.74) is 5.94. The van der Waals surface area contributed by atoms with Gasteiger partial charge < -0.3 is 19.0 Å². The second-order valence-electron chi connectivity index (χ2n) is 3.35. The van der Waals surface area contributed by atoms with Gasteiger partial charge in [0.1, 0.15) is 0 Å². The maximum absolute atomic E-state index is 5.94. The molecule has 1 unspecified atom stereocenters. The fourth-order valence-corrected chi connectivity index (χ4v) is 4.28. The molecule has 5 heteroatoms. The first kappa shape index (κ1) is 15.1. The predicted octanol–water partition coefficient (Wildman–Crippen LogP) is 1.77. The molecule has 0 aliphatic rings. The zero-order chi connectivity index (χ0) is 11.7. The molecule has 0 amide bonds. The summed E-state index contributed by atoms with van der Waals surface area (Å²) in [5.74, 6) is 0. The van der Waals surface area contributed by atoms with Crippen LogP contribution in [0.1, 0.15) is 34.1 Å². The Bertz CT molecular complexity index is 141. The third-order valence-electron chi connectivity index (χ3n) is 2.13. The molecule has 0 saturated heterocycles. The third kappa shape index (κ3) is 5.63. The van der Waals surface area contributed by atoms with Gasteiger partial charge in [0, 0.05) is 31.9 Å². The van der Waals surface area contributed by atoms with Crippen LogP contribution in [-0.2, 0) is 13.3 Å². The second-order valence-corrected chi connectivity index (χ2v) is 5.99. The molecule has 0 aromatic heterocycles. The molecule has 92 valence electrons. The van der Waals surface area contributed by atoms with Crippen LogP contribution in [0.2, 0.25) is 6.04 Å². The van der Waals surface area contributed by atoms with E-state index < -0.39 is 8.80 Å². The van der Waals surface area contributed by atoms with E-state index >= 15 is 0 Å². The molecule has 1 atom stereocenters. The molecule has 2 N–H and O–H groups in total. The summed E-state index contributed by atoms with van der Waals surface area (Å²) in [6, 6.07) is 0.806. The van der Waals surface area contributed by atoms with Crippen molar-refractivity contribution in [3.05, 3.63) is 0 Å². The van der Waals surface area contributed by atoms with Crippen LogP contribution in [0, 0.1) is 0 Å². The van der Waals surface area contributed by atoms with Crippen molar-refractivity contribution in [3.63, 3.8) is 0 Å². The minimum atomic E-state index is -2.50. The van der Waals surface area contributed by atoms with Crippen molar-refractivity contribution in [2.45, 2.75) is 46.2 Å². The van der Waals surface area contributed by atoms with Gasteiger partial charge in [0.2, 0.25) is 0 Å². The lowest BCUT2D eigenvalue weighted by molar-refractivity contribution is 0.0695. The number of hydrogen-bond donors (Lipinski definition) is 1. The highest BCUT2D eigenvalue weighted by atomic mass is 28.4. The van der Waals surface area contributed by atoms with Crippen LogP contribution in [0.25, 0.3) is 0 Å². The van der Waals surface area contributed by atoms with Crippen molar-refractivity contribution in [2.24, 2.45) is 5.73 Å². The van der Waals surface area contributed by atoms with E-state index in [0.717, 1.165) is 6.42 Å². The molecule has 4 nitrogen and oxygen atoms in total. The Morgan fingerprint density at radius 3 is 1.60 bits per heavy atom. The number of nitrogens with two attached hydrogens (primary N) is 1. The molecular formula is C10H25NO3Si. The third-order valence-corrected chi connectivity index (χ3v) is 5.34. The van der Waals surface area contributed by atoms with Crippen LogP contribution in [0.4, 0.5) is 0 Å². The summed E-state index contributed by atoms with van der Waals surface area (Å²) in [4.78, 5) is 0. The Labute approximate surface area is 94.5 Å². The smallest absolute Gasteiger partial charge is 0.374 e. The van der Waals surface area contributed by atoms with Gasteiger partial charge in [-0.3, -0.25) is 0 Å².